The normalized spacial score (nSPS) is 15.2. The molecule has 4 nitrogen and oxygen atoms in total. The minimum atomic E-state index is 0.00222. The summed E-state index contributed by atoms with van der Waals surface area (Å²) in [7, 11) is 0. The Bertz CT molecular complexity index is 662. The molecule has 1 aliphatic heterocycles. The van der Waals surface area contributed by atoms with Gasteiger partial charge < -0.3 is 10.6 Å². The molecule has 21 heavy (non-hydrogen) atoms. The highest BCUT2D eigenvalue weighted by molar-refractivity contribution is 6.06. The van der Waals surface area contributed by atoms with Gasteiger partial charge in [-0.25, -0.2) is 0 Å². The Labute approximate surface area is 125 Å². The predicted molar refractivity (Wildman–Crippen MR) is 84.5 cm³/mol. The van der Waals surface area contributed by atoms with Crippen molar-refractivity contribution in [3.8, 4) is 0 Å². The molecule has 0 radical (unpaired) electrons. The minimum Gasteiger partial charge on any atom is -0.352 e. The maximum absolute atomic E-state index is 12.5. The number of hydrogen-bond acceptors (Lipinski definition) is 3. The molecule has 1 amide bonds. The number of fused-ring (bicyclic) bond motifs is 1. The Balaban J connectivity index is 1.92. The first kappa shape index (κ1) is 14.0. The maximum atomic E-state index is 12.5. The molecule has 0 atom stereocenters. The Morgan fingerprint density at radius 3 is 2.81 bits per heavy atom. The van der Waals surface area contributed by atoms with E-state index in [0.717, 1.165) is 41.8 Å². The lowest BCUT2D eigenvalue weighted by atomic mass is 10.0. The number of carbonyl (C=O) groups excluding carboxylic acids is 1. The molecule has 1 fully saturated rings. The molecule has 2 N–H and O–H groups in total. The molecule has 4 heteroatoms. The number of aromatic nitrogens is 1. The topological polar surface area (TPSA) is 54.0 Å². The SMILES string of the molecule is CC(C)c1cc(C(=O)NCC2CNC2)c2ccccc2n1. The number of nitrogens with one attached hydrogen (secondary N) is 2. The van der Waals surface area contributed by atoms with Crippen molar-refractivity contribution in [2.24, 2.45) is 5.92 Å². The van der Waals surface area contributed by atoms with E-state index in [9.17, 15) is 4.79 Å². The van der Waals surface area contributed by atoms with Crippen LogP contribution in [0.5, 0.6) is 0 Å². The van der Waals surface area contributed by atoms with Crippen LogP contribution in [0.2, 0.25) is 0 Å². The van der Waals surface area contributed by atoms with Crippen molar-refractivity contribution in [3.63, 3.8) is 0 Å². The Morgan fingerprint density at radius 1 is 1.38 bits per heavy atom. The number of hydrogen-bond donors (Lipinski definition) is 2. The van der Waals surface area contributed by atoms with Crippen LogP contribution < -0.4 is 10.6 Å². The smallest absolute Gasteiger partial charge is 0.252 e. The number of benzene rings is 1. The van der Waals surface area contributed by atoms with E-state index < -0.39 is 0 Å². The van der Waals surface area contributed by atoms with Crippen molar-refractivity contribution in [1.29, 1.82) is 0 Å². The summed E-state index contributed by atoms with van der Waals surface area (Å²) < 4.78 is 0. The number of nitrogens with zero attached hydrogens (tertiary/aromatic N) is 1. The molecule has 1 aromatic heterocycles. The Hall–Kier alpha value is -1.94. The molecule has 3 rings (SSSR count). The highest BCUT2D eigenvalue weighted by Gasteiger charge is 2.19. The molecule has 0 spiro atoms. The zero-order valence-electron chi connectivity index (χ0n) is 12.5. The van der Waals surface area contributed by atoms with Gasteiger partial charge in [-0.15, -0.1) is 0 Å². The second-order valence-corrected chi connectivity index (χ2v) is 6.00. The van der Waals surface area contributed by atoms with Gasteiger partial charge in [-0.2, -0.15) is 0 Å². The summed E-state index contributed by atoms with van der Waals surface area (Å²) in [6.45, 7) is 6.92. The third-order valence-corrected chi connectivity index (χ3v) is 3.99. The van der Waals surface area contributed by atoms with Gasteiger partial charge in [0.2, 0.25) is 0 Å². The van der Waals surface area contributed by atoms with E-state index >= 15 is 0 Å². The van der Waals surface area contributed by atoms with E-state index in [0.29, 0.717) is 11.8 Å². The average molecular weight is 283 g/mol. The highest BCUT2D eigenvalue weighted by Crippen LogP contribution is 2.22. The van der Waals surface area contributed by atoms with Crippen molar-refractivity contribution >= 4 is 16.8 Å². The van der Waals surface area contributed by atoms with Crippen LogP contribution in [0, 0.1) is 5.92 Å². The summed E-state index contributed by atoms with van der Waals surface area (Å²) in [5, 5.41) is 7.19. The van der Waals surface area contributed by atoms with E-state index in [2.05, 4.69) is 29.5 Å². The standard InChI is InChI=1S/C17H21N3O/c1-11(2)16-7-14(13-5-3-4-6-15(13)20-16)17(21)19-10-12-8-18-9-12/h3-7,11-12,18H,8-10H2,1-2H3,(H,19,21). The highest BCUT2D eigenvalue weighted by atomic mass is 16.1. The van der Waals surface area contributed by atoms with Gasteiger partial charge in [-0.1, -0.05) is 32.0 Å². The lowest BCUT2D eigenvalue weighted by Crippen LogP contribution is -2.48. The van der Waals surface area contributed by atoms with Crippen molar-refractivity contribution < 1.29 is 4.79 Å². The number of rotatable bonds is 4. The fraction of sp³-hybridized carbons (Fsp3) is 0.412. The van der Waals surface area contributed by atoms with Crippen molar-refractivity contribution in [2.45, 2.75) is 19.8 Å². The second kappa shape index (κ2) is 5.82. The van der Waals surface area contributed by atoms with E-state index in [1.807, 2.05) is 30.3 Å². The molecular formula is C17H21N3O. The number of pyridine rings is 1. The van der Waals surface area contributed by atoms with Crippen LogP contribution >= 0.6 is 0 Å². The van der Waals surface area contributed by atoms with Gasteiger partial charge in [-0.3, -0.25) is 9.78 Å². The maximum Gasteiger partial charge on any atom is 0.252 e. The molecule has 0 bridgehead atoms. The number of amides is 1. The molecule has 0 aliphatic carbocycles. The largest absolute Gasteiger partial charge is 0.352 e. The summed E-state index contributed by atoms with van der Waals surface area (Å²) >= 11 is 0. The molecule has 2 aromatic rings. The number of carbonyl (C=O) groups is 1. The zero-order chi connectivity index (χ0) is 14.8. The summed E-state index contributed by atoms with van der Waals surface area (Å²) in [5.74, 6) is 0.867. The van der Waals surface area contributed by atoms with Gasteiger partial charge in [0, 0.05) is 36.6 Å². The van der Waals surface area contributed by atoms with Crippen LogP contribution in [0.1, 0.15) is 35.8 Å². The second-order valence-electron chi connectivity index (χ2n) is 6.00. The van der Waals surface area contributed by atoms with Crippen LogP contribution in [-0.2, 0) is 0 Å². The first-order chi connectivity index (χ1) is 10.1. The van der Waals surface area contributed by atoms with Gasteiger partial charge in [0.05, 0.1) is 11.1 Å². The summed E-state index contributed by atoms with van der Waals surface area (Å²) in [5.41, 5.74) is 2.58. The van der Waals surface area contributed by atoms with Gasteiger partial charge in [0.1, 0.15) is 0 Å². The Morgan fingerprint density at radius 2 is 2.14 bits per heavy atom. The summed E-state index contributed by atoms with van der Waals surface area (Å²) in [6, 6.07) is 9.77. The molecule has 0 unspecified atom stereocenters. The third-order valence-electron chi connectivity index (χ3n) is 3.99. The Kier molecular flexibility index (Phi) is 3.88. The fourth-order valence-electron chi connectivity index (χ4n) is 2.50. The van der Waals surface area contributed by atoms with Gasteiger partial charge in [-0.05, 0) is 18.1 Å². The van der Waals surface area contributed by atoms with Gasteiger partial charge >= 0.3 is 0 Å². The molecule has 0 saturated carbocycles. The molecular weight excluding hydrogens is 262 g/mol. The first-order valence-corrected chi connectivity index (χ1v) is 7.53. The van der Waals surface area contributed by atoms with Crippen molar-refractivity contribution in [3.05, 3.63) is 41.6 Å². The minimum absolute atomic E-state index is 0.00222. The van der Waals surface area contributed by atoms with Gasteiger partial charge in [0.25, 0.3) is 5.91 Å². The van der Waals surface area contributed by atoms with Crippen LogP contribution in [0.25, 0.3) is 10.9 Å². The van der Waals surface area contributed by atoms with Crippen molar-refractivity contribution in [1.82, 2.24) is 15.6 Å². The molecule has 1 saturated heterocycles. The summed E-state index contributed by atoms with van der Waals surface area (Å²) in [4.78, 5) is 17.2. The quantitative estimate of drug-likeness (QED) is 0.905. The van der Waals surface area contributed by atoms with Crippen LogP contribution in [0.15, 0.2) is 30.3 Å². The van der Waals surface area contributed by atoms with E-state index in [1.54, 1.807) is 0 Å². The predicted octanol–water partition coefficient (Wildman–Crippen LogP) is 2.31. The zero-order valence-corrected chi connectivity index (χ0v) is 12.5. The van der Waals surface area contributed by atoms with Crippen molar-refractivity contribution in [2.75, 3.05) is 19.6 Å². The molecule has 1 aromatic carbocycles. The molecule has 2 heterocycles. The number of para-hydroxylation sites is 1. The van der Waals surface area contributed by atoms with E-state index in [-0.39, 0.29) is 5.91 Å². The molecule has 110 valence electrons. The monoisotopic (exact) mass is 283 g/mol. The molecule has 1 aliphatic rings. The van der Waals surface area contributed by atoms with Crippen LogP contribution in [0.4, 0.5) is 0 Å². The van der Waals surface area contributed by atoms with Gasteiger partial charge in [0.15, 0.2) is 0 Å². The van der Waals surface area contributed by atoms with Crippen LogP contribution in [-0.4, -0.2) is 30.5 Å². The third kappa shape index (κ3) is 2.90. The van der Waals surface area contributed by atoms with E-state index in [4.69, 9.17) is 0 Å². The summed E-state index contributed by atoms with van der Waals surface area (Å²) in [6.07, 6.45) is 0. The fourth-order valence-corrected chi connectivity index (χ4v) is 2.50. The van der Waals surface area contributed by atoms with Crippen LogP contribution in [0.3, 0.4) is 0 Å². The first-order valence-electron chi connectivity index (χ1n) is 7.53. The average Bonchev–Trinajstić information content (AvgIpc) is 2.44. The van der Waals surface area contributed by atoms with E-state index in [1.165, 1.54) is 0 Å². The lowest BCUT2D eigenvalue weighted by Gasteiger charge is -2.27. The lowest BCUT2D eigenvalue weighted by molar-refractivity contribution is 0.0943.